The molecule has 0 atom stereocenters. The first kappa shape index (κ1) is 18.7. The molecule has 0 aliphatic carbocycles. The lowest BCUT2D eigenvalue weighted by molar-refractivity contribution is 0.413. The number of aromatic nitrogens is 4. The third-order valence-corrected chi connectivity index (χ3v) is 5.06. The molecule has 0 aliphatic heterocycles. The highest BCUT2D eigenvalue weighted by molar-refractivity contribution is 5.92. The van der Waals surface area contributed by atoms with Crippen molar-refractivity contribution in [1.82, 2.24) is 19.9 Å². The molecule has 0 saturated heterocycles. The van der Waals surface area contributed by atoms with Crippen LogP contribution in [0.25, 0.3) is 39.4 Å². The van der Waals surface area contributed by atoms with E-state index in [0.29, 0.717) is 39.3 Å². The summed E-state index contributed by atoms with van der Waals surface area (Å²) in [5.74, 6) is 1.24. The highest BCUT2D eigenvalue weighted by Crippen LogP contribution is 2.30. The molecule has 0 spiro atoms. The van der Waals surface area contributed by atoms with Crippen LogP contribution >= 0.6 is 0 Å². The predicted octanol–water partition coefficient (Wildman–Crippen LogP) is 4.42. The zero-order valence-corrected chi connectivity index (χ0v) is 16.9. The first-order valence-electron chi connectivity index (χ1n) is 9.72. The summed E-state index contributed by atoms with van der Waals surface area (Å²) in [4.78, 5) is 17.7. The van der Waals surface area contributed by atoms with E-state index in [1.165, 1.54) is 4.68 Å². The van der Waals surface area contributed by atoms with Gasteiger partial charge in [-0.1, -0.05) is 53.2 Å². The first-order valence-corrected chi connectivity index (χ1v) is 9.72. The molecule has 7 nitrogen and oxygen atoms in total. The van der Waals surface area contributed by atoms with Gasteiger partial charge in [0.15, 0.2) is 5.69 Å². The van der Waals surface area contributed by atoms with Gasteiger partial charge in [0.1, 0.15) is 5.75 Å². The summed E-state index contributed by atoms with van der Waals surface area (Å²) < 4.78 is 12.3. The summed E-state index contributed by atoms with van der Waals surface area (Å²) in [5.41, 5.74) is 2.68. The molecule has 0 aliphatic rings. The van der Waals surface area contributed by atoms with E-state index in [2.05, 4.69) is 15.2 Å². The lowest BCUT2D eigenvalue weighted by atomic mass is 10.1. The van der Waals surface area contributed by atoms with Crippen molar-refractivity contribution in [2.75, 3.05) is 7.11 Å². The minimum atomic E-state index is -0.215. The fourth-order valence-electron chi connectivity index (χ4n) is 3.47. The van der Waals surface area contributed by atoms with E-state index < -0.39 is 0 Å². The predicted molar refractivity (Wildman–Crippen MR) is 117 cm³/mol. The summed E-state index contributed by atoms with van der Waals surface area (Å²) in [5, 5.41) is 9.88. The number of hydrogen-bond donors (Lipinski definition) is 0. The molecule has 31 heavy (non-hydrogen) atoms. The monoisotopic (exact) mass is 410 g/mol. The summed E-state index contributed by atoms with van der Waals surface area (Å²) >= 11 is 0. The Morgan fingerprint density at radius 1 is 0.903 bits per heavy atom. The van der Waals surface area contributed by atoms with Gasteiger partial charge in [-0.15, -0.1) is 0 Å². The lowest BCUT2D eigenvalue weighted by Crippen LogP contribution is -2.22. The van der Waals surface area contributed by atoms with E-state index >= 15 is 0 Å². The molecule has 0 N–H and O–H groups in total. The lowest BCUT2D eigenvalue weighted by Gasteiger charge is -2.09. The van der Waals surface area contributed by atoms with Crippen LogP contribution < -0.4 is 10.3 Å². The van der Waals surface area contributed by atoms with Crippen LogP contribution in [0.15, 0.2) is 82.1 Å². The Kier molecular flexibility index (Phi) is 4.55. The molecule has 0 amide bonds. The van der Waals surface area contributed by atoms with E-state index in [1.807, 2.05) is 73.7 Å². The Hall–Kier alpha value is -4.26. The van der Waals surface area contributed by atoms with Crippen molar-refractivity contribution in [3.8, 4) is 34.4 Å². The number of para-hydroxylation sites is 1. The maximum atomic E-state index is 13.1. The zero-order valence-electron chi connectivity index (χ0n) is 16.9. The molecule has 3 aromatic carbocycles. The van der Waals surface area contributed by atoms with Crippen LogP contribution in [0.1, 0.15) is 5.56 Å². The normalized spacial score (nSPS) is 11.0. The Balaban J connectivity index is 1.72. The van der Waals surface area contributed by atoms with Gasteiger partial charge in [-0.3, -0.25) is 4.79 Å². The number of methoxy groups -OCH3 is 1. The second kappa shape index (κ2) is 7.53. The first-order chi connectivity index (χ1) is 15.2. The van der Waals surface area contributed by atoms with Crippen LogP contribution in [0.4, 0.5) is 0 Å². The number of benzene rings is 3. The molecule has 2 aromatic heterocycles. The van der Waals surface area contributed by atoms with E-state index in [1.54, 1.807) is 13.2 Å². The highest BCUT2D eigenvalue weighted by Gasteiger charge is 2.20. The Labute approximate surface area is 177 Å². The fraction of sp³-hybridized carbons (Fsp3) is 0.0833. The van der Waals surface area contributed by atoms with Crippen LogP contribution in [0.3, 0.4) is 0 Å². The van der Waals surface area contributed by atoms with Crippen molar-refractivity contribution in [2.45, 2.75) is 6.92 Å². The second-order valence-corrected chi connectivity index (χ2v) is 7.07. The van der Waals surface area contributed by atoms with Crippen LogP contribution in [0, 0.1) is 6.92 Å². The molecule has 7 heteroatoms. The van der Waals surface area contributed by atoms with Crippen LogP contribution in [0.5, 0.6) is 5.75 Å². The maximum Gasteiger partial charge on any atom is 0.279 e. The number of nitrogens with zero attached hydrogens (tertiary/aromatic N) is 4. The highest BCUT2D eigenvalue weighted by atomic mass is 16.5. The van der Waals surface area contributed by atoms with Gasteiger partial charge in [0.25, 0.3) is 11.4 Å². The summed E-state index contributed by atoms with van der Waals surface area (Å²) in [6.45, 7) is 1.99. The molecule has 5 aromatic rings. The molecule has 0 fully saturated rings. The van der Waals surface area contributed by atoms with Crippen molar-refractivity contribution in [1.29, 1.82) is 0 Å². The van der Waals surface area contributed by atoms with E-state index in [0.717, 1.165) is 5.56 Å². The molecule has 0 bridgehead atoms. The van der Waals surface area contributed by atoms with Gasteiger partial charge < -0.3 is 9.26 Å². The third kappa shape index (κ3) is 3.26. The maximum absolute atomic E-state index is 13.1. The van der Waals surface area contributed by atoms with E-state index in [-0.39, 0.29) is 11.4 Å². The van der Waals surface area contributed by atoms with Crippen LogP contribution in [-0.4, -0.2) is 27.0 Å². The van der Waals surface area contributed by atoms with E-state index in [9.17, 15) is 4.79 Å². The van der Waals surface area contributed by atoms with Crippen molar-refractivity contribution in [3.05, 3.63) is 88.7 Å². The van der Waals surface area contributed by atoms with E-state index in [4.69, 9.17) is 9.26 Å². The van der Waals surface area contributed by atoms with Gasteiger partial charge in [-0.2, -0.15) is 14.8 Å². The van der Waals surface area contributed by atoms with Crippen LogP contribution in [-0.2, 0) is 0 Å². The molecular formula is C24H18N4O3. The van der Waals surface area contributed by atoms with Crippen molar-refractivity contribution in [3.63, 3.8) is 0 Å². The largest absolute Gasteiger partial charge is 0.496 e. The second-order valence-electron chi connectivity index (χ2n) is 7.07. The SMILES string of the molecule is COc1ccccc1-c1noc(-c2nn(-c3ccc(C)cc3)c(=O)c3ccccc23)n1. The standard InChI is InChI=1S/C24H18N4O3/c1-15-11-13-16(14-12-15)28-24(29)18-8-4-3-7-17(18)21(26-28)23-25-22(27-31-23)19-9-5-6-10-20(19)30-2/h3-14H,1-2H3. The average Bonchev–Trinajstić information content (AvgIpc) is 3.30. The minimum absolute atomic E-state index is 0.215. The summed E-state index contributed by atoms with van der Waals surface area (Å²) in [6, 6.07) is 22.3. The van der Waals surface area contributed by atoms with Crippen molar-refractivity contribution in [2.24, 2.45) is 0 Å². The summed E-state index contributed by atoms with van der Waals surface area (Å²) in [6.07, 6.45) is 0. The van der Waals surface area contributed by atoms with Gasteiger partial charge in [0.2, 0.25) is 5.82 Å². The van der Waals surface area contributed by atoms with Gasteiger partial charge in [-0.25, -0.2) is 0 Å². The molecule has 0 saturated carbocycles. The number of hydrogen-bond acceptors (Lipinski definition) is 6. The van der Waals surface area contributed by atoms with Gasteiger partial charge in [-0.05, 0) is 37.3 Å². The molecular weight excluding hydrogens is 392 g/mol. The molecule has 0 radical (unpaired) electrons. The van der Waals surface area contributed by atoms with Gasteiger partial charge in [0.05, 0.1) is 23.7 Å². The smallest absolute Gasteiger partial charge is 0.279 e. The number of ether oxygens (including phenoxy) is 1. The fourth-order valence-corrected chi connectivity index (χ4v) is 3.47. The minimum Gasteiger partial charge on any atom is -0.496 e. The molecule has 2 heterocycles. The molecule has 0 unspecified atom stereocenters. The van der Waals surface area contributed by atoms with Gasteiger partial charge in [0, 0.05) is 5.39 Å². The third-order valence-electron chi connectivity index (χ3n) is 5.06. The number of rotatable bonds is 4. The zero-order chi connectivity index (χ0) is 21.4. The molecule has 5 rings (SSSR count). The number of fused-ring (bicyclic) bond motifs is 1. The Bertz CT molecular complexity index is 1450. The quantitative estimate of drug-likeness (QED) is 0.436. The van der Waals surface area contributed by atoms with Gasteiger partial charge >= 0.3 is 0 Å². The molecule has 152 valence electrons. The summed E-state index contributed by atoms with van der Waals surface area (Å²) in [7, 11) is 1.59. The topological polar surface area (TPSA) is 83.0 Å². The van der Waals surface area contributed by atoms with Crippen molar-refractivity contribution >= 4 is 10.8 Å². The van der Waals surface area contributed by atoms with Crippen molar-refractivity contribution < 1.29 is 9.26 Å². The Morgan fingerprint density at radius 2 is 1.61 bits per heavy atom. The number of aryl methyl sites for hydroxylation is 1. The van der Waals surface area contributed by atoms with Crippen LogP contribution in [0.2, 0.25) is 0 Å². The Morgan fingerprint density at radius 3 is 2.39 bits per heavy atom. The average molecular weight is 410 g/mol.